The van der Waals surface area contributed by atoms with Crippen LogP contribution in [0.1, 0.15) is 42.1 Å². The molecule has 1 unspecified atom stereocenters. The van der Waals surface area contributed by atoms with Crippen LogP contribution in [0.2, 0.25) is 5.02 Å². The molecule has 8 heteroatoms. The minimum atomic E-state index is -0.243. The first-order valence-corrected chi connectivity index (χ1v) is 10.3. The molecular weight excluding hydrogens is 384 g/mol. The lowest BCUT2D eigenvalue weighted by atomic mass is 9.96. The van der Waals surface area contributed by atoms with Crippen molar-refractivity contribution in [3.05, 3.63) is 39.9 Å². The minimum Gasteiger partial charge on any atom is -0.338 e. The van der Waals surface area contributed by atoms with Gasteiger partial charge in [0.15, 0.2) is 0 Å². The van der Waals surface area contributed by atoms with Gasteiger partial charge >= 0.3 is 0 Å². The molecule has 1 aromatic heterocycles. The predicted molar refractivity (Wildman–Crippen MR) is 107 cm³/mol. The van der Waals surface area contributed by atoms with E-state index in [1.807, 2.05) is 0 Å². The van der Waals surface area contributed by atoms with Gasteiger partial charge in [-0.05, 0) is 43.0 Å². The first kappa shape index (κ1) is 19.8. The fraction of sp³-hybridized carbons (Fsp3) is 0.474. The number of hydrogen-bond acceptors (Lipinski definition) is 5. The molecule has 0 aliphatic carbocycles. The van der Waals surface area contributed by atoms with Gasteiger partial charge in [-0.3, -0.25) is 9.59 Å². The number of carbonyl (C=O) groups excluding carboxylic acids is 2. The second-order valence-electron chi connectivity index (χ2n) is 7.19. The Morgan fingerprint density at radius 1 is 1.30 bits per heavy atom. The number of aromatic nitrogens is 2. The molecule has 144 valence electrons. The van der Waals surface area contributed by atoms with E-state index in [1.54, 1.807) is 29.2 Å². The number of halogens is 1. The molecule has 27 heavy (non-hydrogen) atoms. The third-order valence-electron chi connectivity index (χ3n) is 4.45. The van der Waals surface area contributed by atoms with E-state index in [-0.39, 0.29) is 17.7 Å². The zero-order valence-corrected chi connectivity index (χ0v) is 17.0. The number of anilines is 1. The SMILES string of the molecule is CC(C)Cc1nnc(NC(=O)C2CCCN(C(=O)c3ccc(Cl)cc3)C2)s1. The van der Waals surface area contributed by atoms with Gasteiger partial charge in [0, 0.05) is 30.1 Å². The van der Waals surface area contributed by atoms with Crippen LogP contribution in [-0.4, -0.2) is 40.0 Å². The van der Waals surface area contributed by atoms with Crippen LogP contribution in [-0.2, 0) is 11.2 Å². The second-order valence-corrected chi connectivity index (χ2v) is 8.68. The van der Waals surface area contributed by atoms with Crippen molar-refractivity contribution in [3.8, 4) is 0 Å². The van der Waals surface area contributed by atoms with Crippen LogP contribution in [0, 0.1) is 11.8 Å². The second kappa shape index (κ2) is 8.80. The summed E-state index contributed by atoms with van der Waals surface area (Å²) in [7, 11) is 0. The maximum atomic E-state index is 12.7. The molecule has 0 bridgehead atoms. The molecule has 3 rings (SSSR count). The minimum absolute atomic E-state index is 0.0701. The molecule has 1 aromatic carbocycles. The van der Waals surface area contributed by atoms with Crippen LogP contribution >= 0.6 is 22.9 Å². The Morgan fingerprint density at radius 2 is 2.04 bits per heavy atom. The molecule has 1 atom stereocenters. The molecule has 1 N–H and O–H groups in total. The fourth-order valence-electron chi connectivity index (χ4n) is 3.09. The van der Waals surface area contributed by atoms with Gasteiger partial charge in [-0.15, -0.1) is 10.2 Å². The van der Waals surface area contributed by atoms with Crippen molar-refractivity contribution < 1.29 is 9.59 Å². The highest BCUT2D eigenvalue weighted by Crippen LogP contribution is 2.23. The molecule has 2 amide bonds. The summed E-state index contributed by atoms with van der Waals surface area (Å²) in [5.41, 5.74) is 0.586. The van der Waals surface area contributed by atoms with Gasteiger partial charge in [-0.2, -0.15) is 0 Å². The van der Waals surface area contributed by atoms with E-state index >= 15 is 0 Å². The van der Waals surface area contributed by atoms with Crippen LogP contribution < -0.4 is 5.32 Å². The van der Waals surface area contributed by atoms with Crippen LogP contribution in [0.3, 0.4) is 0 Å². The van der Waals surface area contributed by atoms with Gasteiger partial charge < -0.3 is 10.2 Å². The number of hydrogen-bond donors (Lipinski definition) is 1. The molecule has 6 nitrogen and oxygen atoms in total. The van der Waals surface area contributed by atoms with Crippen LogP contribution in [0.25, 0.3) is 0 Å². The Kier molecular flexibility index (Phi) is 6.44. The number of carbonyl (C=O) groups is 2. The van der Waals surface area contributed by atoms with Gasteiger partial charge in [0.05, 0.1) is 5.92 Å². The lowest BCUT2D eigenvalue weighted by molar-refractivity contribution is -0.121. The zero-order chi connectivity index (χ0) is 19.4. The summed E-state index contributed by atoms with van der Waals surface area (Å²) in [6.07, 6.45) is 2.40. The topological polar surface area (TPSA) is 75.2 Å². The standard InChI is InChI=1S/C19H23ClN4O2S/c1-12(2)10-16-22-23-19(27-16)21-17(25)14-4-3-9-24(11-14)18(26)13-5-7-15(20)8-6-13/h5-8,12,14H,3-4,9-11H2,1-2H3,(H,21,23,25). The van der Waals surface area contributed by atoms with Crippen molar-refractivity contribution in [1.82, 2.24) is 15.1 Å². The summed E-state index contributed by atoms with van der Waals surface area (Å²) in [6.45, 7) is 5.30. The van der Waals surface area contributed by atoms with E-state index in [4.69, 9.17) is 11.6 Å². The van der Waals surface area contributed by atoms with E-state index in [2.05, 4.69) is 29.4 Å². The number of piperidine rings is 1. The van der Waals surface area contributed by atoms with Gasteiger partial charge in [0.1, 0.15) is 5.01 Å². The van der Waals surface area contributed by atoms with Crippen LogP contribution in [0.15, 0.2) is 24.3 Å². The lowest BCUT2D eigenvalue weighted by Gasteiger charge is -2.32. The molecule has 0 saturated carbocycles. The van der Waals surface area contributed by atoms with Gasteiger partial charge in [0.2, 0.25) is 11.0 Å². The van der Waals surface area contributed by atoms with E-state index in [9.17, 15) is 9.59 Å². The average Bonchev–Trinajstić information content (AvgIpc) is 3.08. The highest BCUT2D eigenvalue weighted by Gasteiger charge is 2.29. The Hall–Kier alpha value is -1.99. The fourth-order valence-corrected chi connectivity index (χ4v) is 4.17. The first-order chi connectivity index (χ1) is 12.9. The van der Waals surface area contributed by atoms with Crippen molar-refractivity contribution in [3.63, 3.8) is 0 Å². The zero-order valence-electron chi connectivity index (χ0n) is 15.4. The smallest absolute Gasteiger partial charge is 0.253 e. The monoisotopic (exact) mass is 406 g/mol. The van der Waals surface area contributed by atoms with Crippen molar-refractivity contribution in [2.45, 2.75) is 33.1 Å². The number of nitrogens with one attached hydrogen (secondary N) is 1. The number of amides is 2. The quantitative estimate of drug-likeness (QED) is 0.817. The molecule has 2 aromatic rings. The van der Waals surface area contributed by atoms with Crippen LogP contribution in [0.4, 0.5) is 5.13 Å². The summed E-state index contributed by atoms with van der Waals surface area (Å²) in [5, 5.41) is 13.1. The third-order valence-corrected chi connectivity index (χ3v) is 5.56. The number of benzene rings is 1. The predicted octanol–water partition coefficient (Wildman–Crippen LogP) is 3.88. The molecular formula is C19H23ClN4O2S. The molecule has 0 radical (unpaired) electrons. The highest BCUT2D eigenvalue weighted by molar-refractivity contribution is 7.15. The summed E-state index contributed by atoms with van der Waals surface area (Å²) in [4.78, 5) is 27.0. The summed E-state index contributed by atoms with van der Waals surface area (Å²) >= 11 is 7.30. The van der Waals surface area contributed by atoms with Gasteiger partial charge in [0.25, 0.3) is 5.91 Å². The summed E-state index contributed by atoms with van der Waals surface area (Å²) in [5.74, 6) is 0.0786. The van der Waals surface area contributed by atoms with E-state index < -0.39 is 0 Å². The molecule has 1 fully saturated rings. The Labute approximate surface area is 167 Å². The molecule has 1 saturated heterocycles. The Bertz CT molecular complexity index is 806. The largest absolute Gasteiger partial charge is 0.338 e. The van der Waals surface area contributed by atoms with E-state index in [1.165, 1.54) is 11.3 Å². The van der Waals surface area contributed by atoms with Crippen molar-refractivity contribution in [2.75, 3.05) is 18.4 Å². The number of nitrogens with zero attached hydrogens (tertiary/aromatic N) is 3. The Morgan fingerprint density at radius 3 is 2.74 bits per heavy atom. The van der Waals surface area contributed by atoms with Crippen molar-refractivity contribution >= 4 is 39.9 Å². The number of rotatable bonds is 5. The maximum Gasteiger partial charge on any atom is 0.253 e. The van der Waals surface area contributed by atoms with Gasteiger partial charge in [-0.25, -0.2) is 0 Å². The van der Waals surface area contributed by atoms with E-state index in [0.29, 0.717) is 34.7 Å². The molecule has 0 spiro atoms. The summed E-state index contributed by atoms with van der Waals surface area (Å²) < 4.78 is 0. The third kappa shape index (κ3) is 5.26. The van der Waals surface area contributed by atoms with Crippen LogP contribution in [0.5, 0.6) is 0 Å². The average molecular weight is 407 g/mol. The highest BCUT2D eigenvalue weighted by atomic mass is 35.5. The summed E-state index contributed by atoms with van der Waals surface area (Å²) in [6, 6.07) is 6.83. The number of likely N-dealkylation sites (tertiary alicyclic amines) is 1. The van der Waals surface area contributed by atoms with E-state index in [0.717, 1.165) is 24.3 Å². The normalized spacial score (nSPS) is 17.2. The van der Waals surface area contributed by atoms with Gasteiger partial charge in [-0.1, -0.05) is 36.8 Å². The molecule has 2 heterocycles. The Balaban J connectivity index is 1.60. The lowest BCUT2D eigenvalue weighted by Crippen LogP contribution is -2.43. The molecule has 1 aliphatic heterocycles. The first-order valence-electron chi connectivity index (χ1n) is 9.10. The van der Waals surface area contributed by atoms with Crippen molar-refractivity contribution in [2.24, 2.45) is 11.8 Å². The maximum absolute atomic E-state index is 12.7. The molecule has 1 aliphatic rings. The van der Waals surface area contributed by atoms with Crippen molar-refractivity contribution in [1.29, 1.82) is 0 Å².